The summed E-state index contributed by atoms with van der Waals surface area (Å²) in [5.74, 6) is -0.412. The number of amides is 2. The van der Waals surface area contributed by atoms with E-state index in [2.05, 4.69) is 20.7 Å². The van der Waals surface area contributed by atoms with Crippen LogP contribution in [0.3, 0.4) is 0 Å². The predicted molar refractivity (Wildman–Crippen MR) is 122 cm³/mol. The van der Waals surface area contributed by atoms with Gasteiger partial charge in [-0.1, -0.05) is 0 Å². The minimum Gasteiger partial charge on any atom is -0.461 e. The van der Waals surface area contributed by atoms with Gasteiger partial charge >= 0.3 is 12.0 Å². The van der Waals surface area contributed by atoms with E-state index < -0.39 is 5.97 Å². The van der Waals surface area contributed by atoms with E-state index in [0.717, 1.165) is 5.69 Å². The SMILES string of the molecule is CCOC(=O)c1ccn(-c2ccc(NC(=O)NCCc3coc(-c4ccc(F)cc4)n3)cc2)n1. The van der Waals surface area contributed by atoms with Crippen molar-refractivity contribution in [2.24, 2.45) is 0 Å². The Morgan fingerprint density at radius 2 is 1.85 bits per heavy atom. The molecule has 0 aliphatic heterocycles. The number of anilines is 1. The van der Waals surface area contributed by atoms with Gasteiger partial charge in [-0.05, 0) is 61.5 Å². The Kier molecular flexibility index (Phi) is 6.97. The smallest absolute Gasteiger partial charge is 0.358 e. The number of nitrogens with zero attached hydrogens (tertiary/aromatic N) is 3. The molecular formula is C24H22FN5O4. The van der Waals surface area contributed by atoms with Crippen molar-refractivity contribution in [2.45, 2.75) is 13.3 Å². The minimum absolute atomic E-state index is 0.223. The van der Waals surface area contributed by atoms with Crippen molar-refractivity contribution in [2.75, 3.05) is 18.5 Å². The molecule has 0 spiro atoms. The number of hydrogen-bond acceptors (Lipinski definition) is 6. The van der Waals surface area contributed by atoms with Crippen molar-refractivity contribution >= 4 is 17.7 Å². The second-order valence-electron chi connectivity index (χ2n) is 7.19. The average molecular weight is 463 g/mol. The van der Waals surface area contributed by atoms with Gasteiger partial charge in [0.15, 0.2) is 5.69 Å². The molecule has 0 fully saturated rings. The molecule has 0 aliphatic carbocycles. The number of benzene rings is 2. The lowest BCUT2D eigenvalue weighted by Gasteiger charge is -2.08. The third kappa shape index (κ3) is 5.66. The lowest BCUT2D eigenvalue weighted by atomic mass is 10.2. The molecule has 0 saturated heterocycles. The molecule has 2 aromatic heterocycles. The highest BCUT2D eigenvalue weighted by atomic mass is 19.1. The summed E-state index contributed by atoms with van der Waals surface area (Å²) in [7, 11) is 0. The summed E-state index contributed by atoms with van der Waals surface area (Å²) in [6.45, 7) is 2.37. The maximum atomic E-state index is 13.0. The topological polar surface area (TPSA) is 111 Å². The van der Waals surface area contributed by atoms with Crippen molar-refractivity contribution in [1.82, 2.24) is 20.1 Å². The Bertz CT molecular complexity index is 1270. The van der Waals surface area contributed by atoms with E-state index in [1.807, 2.05) is 0 Å². The molecule has 2 amide bonds. The number of urea groups is 1. The molecule has 4 rings (SSSR count). The fourth-order valence-electron chi connectivity index (χ4n) is 3.11. The Balaban J connectivity index is 1.25. The lowest BCUT2D eigenvalue weighted by molar-refractivity contribution is 0.0519. The zero-order valence-electron chi connectivity index (χ0n) is 18.3. The first-order chi connectivity index (χ1) is 16.5. The number of esters is 1. The summed E-state index contributed by atoms with van der Waals surface area (Å²) in [5, 5.41) is 9.71. The summed E-state index contributed by atoms with van der Waals surface area (Å²) in [4.78, 5) is 28.3. The second-order valence-corrected chi connectivity index (χ2v) is 7.19. The molecular weight excluding hydrogens is 441 g/mol. The molecule has 2 heterocycles. The Morgan fingerprint density at radius 1 is 1.09 bits per heavy atom. The number of oxazole rings is 1. The number of carbonyl (C=O) groups is 2. The van der Waals surface area contributed by atoms with E-state index in [9.17, 15) is 14.0 Å². The van der Waals surface area contributed by atoms with Gasteiger partial charge < -0.3 is 19.8 Å². The highest BCUT2D eigenvalue weighted by Crippen LogP contribution is 2.19. The monoisotopic (exact) mass is 463 g/mol. The van der Waals surface area contributed by atoms with E-state index in [1.54, 1.807) is 60.3 Å². The van der Waals surface area contributed by atoms with Crippen LogP contribution in [0.4, 0.5) is 14.9 Å². The second kappa shape index (κ2) is 10.4. The summed E-state index contributed by atoms with van der Waals surface area (Å²) >= 11 is 0. The van der Waals surface area contributed by atoms with Gasteiger partial charge in [-0.2, -0.15) is 5.10 Å². The molecule has 0 radical (unpaired) electrons. The number of nitrogens with one attached hydrogen (secondary N) is 2. The van der Waals surface area contributed by atoms with Gasteiger partial charge in [-0.15, -0.1) is 0 Å². The normalized spacial score (nSPS) is 10.6. The van der Waals surface area contributed by atoms with Crippen LogP contribution in [0.1, 0.15) is 23.1 Å². The van der Waals surface area contributed by atoms with E-state index in [1.165, 1.54) is 18.4 Å². The van der Waals surface area contributed by atoms with Gasteiger partial charge in [-0.3, -0.25) is 0 Å². The Labute approximate surface area is 194 Å². The highest BCUT2D eigenvalue weighted by molar-refractivity contribution is 5.89. The maximum Gasteiger partial charge on any atom is 0.358 e. The highest BCUT2D eigenvalue weighted by Gasteiger charge is 2.11. The van der Waals surface area contributed by atoms with Crippen LogP contribution in [0.25, 0.3) is 17.1 Å². The quantitative estimate of drug-likeness (QED) is 0.379. The number of ether oxygens (including phenoxy) is 1. The molecule has 0 aliphatic rings. The molecule has 0 bridgehead atoms. The zero-order chi connectivity index (χ0) is 23.9. The minimum atomic E-state index is -0.478. The predicted octanol–water partition coefficient (Wildman–Crippen LogP) is 4.21. The number of aromatic nitrogens is 3. The standard InChI is InChI=1S/C24H22FN5O4/c1-2-33-23(31)21-12-14-30(29-21)20-9-7-18(8-10-20)28-24(32)26-13-11-19-15-34-22(27-19)16-3-5-17(25)6-4-16/h3-10,12,14-15H,2,11,13H2,1H3,(H2,26,28,32). The molecule has 174 valence electrons. The van der Waals surface area contributed by atoms with Gasteiger partial charge in [0.05, 0.1) is 18.0 Å². The third-order valence-corrected chi connectivity index (χ3v) is 4.77. The van der Waals surface area contributed by atoms with Crippen molar-refractivity contribution in [1.29, 1.82) is 0 Å². The lowest BCUT2D eigenvalue weighted by Crippen LogP contribution is -2.30. The fourth-order valence-corrected chi connectivity index (χ4v) is 3.11. The van der Waals surface area contributed by atoms with Crippen LogP contribution < -0.4 is 10.6 Å². The van der Waals surface area contributed by atoms with Crippen LogP contribution in [0.15, 0.2) is 71.5 Å². The summed E-state index contributed by atoms with van der Waals surface area (Å²) in [5.41, 5.74) is 2.89. The van der Waals surface area contributed by atoms with Crippen molar-refractivity contribution < 1.29 is 23.1 Å². The number of rotatable bonds is 8. The van der Waals surface area contributed by atoms with Gasteiger partial charge in [0.1, 0.15) is 12.1 Å². The van der Waals surface area contributed by atoms with E-state index in [0.29, 0.717) is 35.8 Å². The molecule has 0 unspecified atom stereocenters. The van der Waals surface area contributed by atoms with Crippen LogP contribution in [-0.2, 0) is 11.2 Å². The molecule has 0 saturated carbocycles. The van der Waals surface area contributed by atoms with Crippen LogP contribution in [0, 0.1) is 5.82 Å². The molecule has 0 atom stereocenters. The molecule has 2 N–H and O–H groups in total. The van der Waals surface area contributed by atoms with Crippen LogP contribution in [0.5, 0.6) is 0 Å². The zero-order valence-corrected chi connectivity index (χ0v) is 18.3. The average Bonchev–Trinajstić information content (AvgIpc) is 3.51. The first-order valence-corrected chi connectivity index (χ1v) is 10.6. The molecule has 10 heteroatoms. The summed E-state index contributed by atoms with van der Waals surface area (Å²) in [6, 6.07) is 14.1. The summed E-state index contributed by atoms with van der Waals surface area (Å²) in [6.07, 6.45) is 3.64. The fraction of sp³-hybridized carbons (Fsp3) is 0.167. The van der Waals surface area contributed by atoms with Crippen molar-refractivity contribution in [3.05, 3.63) is 84.3 Å². The Morgan fingerprint density at radius 3 is 2.59 bits per heavy atom. The number of carbonyl (C=O) groups excluding carboxylic acids is 2. The largest absolute Gasteiger partial charge is 0.461 e. The van der Waals surface area contributed by atoms with Crippen molar-refractivity contribution in [3.8, 4) is 17.1 Å². The number of halogens is 1. The van der Waals surface area contributed by atoms with Gasteiger partial charge in [-0.25, -0.2) is 23.6 Å². The number of hydrogen-bond donors (Lipinski definition) is 2. The third-order valence-electron chi connectivity index (χ3n) is 4.77. The Hall–Kier alpha value is -4.47. The summed E-state index contributed by atoms with van der Waals surface area (Å²) < 4.78 is 24.9. The van der Waals surface area contributed by atoms with Gasteiger partial charge in [0.2, 0.25) is 5.89 Å². The van der Waals surface area contributed by atoms with Gasteiger partial charge in [0.25, 0.3) is 0 Å². The molecule has 34 heavy (non-hydrogen) atoms. The first kappa shape index (κ1) is 22.7. The maximum absolute atomic E-state index is 13.0. The van der Waals surface area contributed by atoms with E-state index in [4.69, 9.17) is 9.15 Å². The van der Waals surface area contributed by atoms with Crippen LogP contribution in [-0.4, -0.2) is 39.9 Å². The molecule has 2 aromatic carbocycles. The molecule has 9 nitrogen and oxygen atoms in total. The first-order valence-electron chi connectivity index (χ1n) is 10.6. The van der Waals surface area contributed by atoms with Crippen LogP contribution in [0.2, 0.25) is 0 Å². The van der Waals surface area contributed by atoms with Crippen molar-refractivity contribution in [3.63, 3.8) is 0 Å². The molecule has 4 aromatic rings. The van der Waals surface area contributed by atoms with E-state index >= 15 is 0 Å². The van der Waals surface area contributed by atoms with Gasteiger partial charge in [0, 0.05) is 30.4 Å². The van der Waals surface area contributed by atoms with Crippen LogP contribution >= 0.6 is 0 Å². The van der Waals surface area contributed by atoms with E-state index in [-0.39, 0.29) is 24.1 Å².